The fraction of sp³-hybridized carbons (Fsp3) is 0.625. The molecule has 2 aliphatic heterocycles. The Morgan fingerprint density at radius 3 is 2.64 bits per heavy atom. The van der Waals surface area contributed by atoms with Crippen molar-refractivity contribution < 1.29 is 4.79 Å². The topological polar surface area (TPSA) is 88.5 Å². The van der Waals surface area contributed by atoms with Crippen molar-refractivity contribution in [2.45, 2.75) is 38.6 Å². The number of carbonyl (C=O) groups is 1. The van der Waals surface area contributed by atoms with Crippen LogP contribution in [0.5, 0.6) is 0 Å². The molecule has 0 unspecified atom stereocenters. The summed E-state index contributed by atoms with van der Waals surface area (Å²) >= 11 is 0. The monoisotopic (exact) mass is 303 g/mol. The molecule has 2 fully saturated rings. The first-order chi connectivity index (χ1) is 10.6. The number of anilines is 3. The van der Waals surface area contributed by atoms with E-state index < -0.39 is 0 Å². The van der Waals surface area contributed by atoms with E-state index in [2.05, 4.69) is 16.8 Å². The van der Waals surface area contributed by atoms with Crippen LogP contribution in [0.3, 0.4) is 0 Å². The number of likely N-dealkylation sites (tertiary alicyclic amines) is 1. The quantitative estimate of drug-likeness (QED) is 0.864. The number of piperidine rings is 1. The number of rotatable bonds is 2. The minimum absolute atomic E-state index is 0.0647. The minimum atomic E-state index is 0.0647. The maximum absolute atomic E-state index is 12.6. The molecular weight excluding hydrogens is 278 g/mol. The molecule has 120 valence electrons. The Hall–Kier alpha value is -1.98. The van der Waals surface area contributed by atoms with E-state index in [1.165, 1.54) is 0 Å². The van der Waals surface area contributed by atoms with Gasteiger partial charge in [0.15, 0.2) is 0 Å². The Kier molecular flexibility index (Phi) is 4.09. The van der Waals surface area contributed by atoms with Gasteiger partial charge in [0.1, 0.15) is 11.6 Å². The van der Waals surface area contributed by atoms with Gasteiger partial charge in [-0.05, 0) is 44.7 Å². The van der Waals surface area contributed by atoms with Gasteiger partial charge in [0.2, 0.25) is 5.91 Å². The second-order valence-electron chi connectivity index (χ2n) is 6.45. The molecule has 0 aromatic carbocycles. The van der Waals surface area contributed by atoms with E-state index in [1.54, 1.807) is 6.07 Å². The summed E-state index contributed by atoms with van der Waals surface area (Å²) in [7, 11) is 0. The molecule has 6 heteroatoms. The molecule has 0 spiro atoms. The number of nitrogen functional groups attached to an aromatic ring is 2. The third-order valence-corrected chi connectivity index (χ3v) is 4.89. The molecule has 22 heavy (non-hydrogen) atoms. The van der Waals surface area contributed by atoms with Crippen LogP contribution in [-0.4, -0.2) is 41.5 Å². The molecule has 2 saturated heterocycles. The van der Waals surface area contributed by atoms with Crippen molar-refractivity contribution in [1.82, 2.24) is 9.88 Å². The van der Waals surface area contributed by atoms with E-state index in [1.807, 2.05) is 11.0 Å². The zero-order valence-electron chi connectivity index (χ0n) is 13.2. The van der Waals surface area contributed by atoms with Crippen LogP contribution in [-0.2, 0) is 4.79 Å². The normalized spacial score (nSPS) is 25.5. The predicted octanol–water partition coefficient (Wildman–Crippen LogP) is 1.47. The van der Waals surface area contributed by atoms with Crippen molar-refractivity contribution in [1.29, 1.82) is 0 Å². The lowest BCUT2D eigenvalue weighted by molar-refractivity contribution is -0.134. The van der Waals surface area contributed by atoms with Crippen molar-refractivity contribution in [2.24, 2.45) is 5.92 Å². The van der Waals surface area contributed by atoms with Crippen LogP contribution in [0.4, 0.5) is 17.3 Å². The van der Waals surface area contributed by atoms with Crippen LogP contribution < -0.4 is 16.4 Å². The van der Waals surface area contributed by atoms with Gasteiger partial charge >= 0.3 is 0 Å². The van der Waals surface area contributed by atoms with Crippen LogP contribution in [0.2, 0.25) is 0 Å². The van der Waals surface area contributed by atoms with Crippen molar-refractivity contribution >= 4 is 23.2 Å². The highest BCUT2D eigenvalue weighted by Crippen LogP contribution is 2.29. The van der Waals surface area contributed by atoms with Gasteiger partial charge in [0, 0.05) is 25.7 Å². The molecular formula is C16H25N5O. The number of pyridine rings is 1. The predicted molar refractivity (Wildman–Crippen MR) is 88.4 cm³/mol. The first kappa shape index (κ1) is 14.9. The average Bonchev–Trinajstić information content (AvgIpc) is 3.04. The highest BCUT2D eigenvalue weighted by Gasteiger charge is 2.33. The Bertz CT molecular complexity index is 555. The summed E-state index contributed by atoms with van der Waals surface area (Å²) in [6, 6.07) is 4.04. The van der Waals surface area contributed by atoms with Crippen molar-refractivity contribution in [3.05, 3.63) is 12.1 Å². The van der Waals surface area contributed by atoms with Crippen molar-refractivity contribution in [2.75, 3.05) is 36.0 Å². The number of nitrogens with two attached hydrogens (primary N) is 2. The standard InChI is InChI=1S/C16H25N5O/c1-11-4-5-12(16(22)20-8-2-3-9-20)10-21(11)14-7-6-13(17)15(18)19-14/h6-7,11-12H,2-5,8-10,17H2,1H3,(H2,18,19)/t11-,12+/m1/s1. The van der Waals surface area contributed by atoms with Gasteiger partial charge in [-0.25, -0.2) is 4.98 Å². The number of aromatic nitrogens is 1. The Morgan fingerprint density at radius 1 is 1.23 bits per heavy atom. The van der Waals surface area contributed by atoms with E-state index in [4.69, 9.17) is 11.5 Å². The van der Waals surface area contributed by atoms with E-state index in [0.717, 1.165) is 44.6 Å². The average molecular weight is 303 g/mol. The second-order valence-corrected chi connectivity index (χ2v) is 6.45. The molecule has 0 aliphatic carbocycles. The fourth-order valence-electron chi connectivity index (χ4n) is 3.46. The zero-order chi connectivity index (χ0) is 15.7. The lowest BCUT2D eigenvalue weighted by Gasteiger charge is -2.39. The molecule has 2 aliphatic rings. The maximum atomic E-state index is 12.6. The minimum Gasteiger partial charge on any atom is -0.396 e. The van der Waals surface area contributed by atoms with Crippen LogP contribution in [0.1, 0.15) is 32.6 Å². The first-order valence-electron chi connectivity index (χ1n) is 8.13. The third kappa shape index (κ3) is 2.82. The molecule has 1 aromatic heterocycles. The number of hydrogen-bond acceptors (Lipinski definition) is 5. The van der Waals surface area contributed by atoms with Gasteiger partial charge in [-0.2, -0.15) is 0 Å². The summed E-state index contributed by atoms with van der Waals surface area (Å²) in [5.41, 5.74) is 12.1. The molecule has 2 atom stereocenters. The van der Waals surface area contributed by atoms with Gasteiger partial charge in [-0.1, -0.05) is 0 Å². The van der Waals surface area contributed by atoms with Crippen LogP contribution in [0, 0.1) is 5.92 Å². The SMILES string of the molecule is C[C@@H]1CC[C@H](C(=O)N2CCCC2)CN1c1ccc(N)c(N)n1. The fourth-order valence-corrected chi connectivity index (χ4v) is 3.46. The lowest BCUT2D eigenvalue weighted by Crippen LogP contribution is -2.48. The van der Waals surface area contributed by atoms with Crippen LogP contribution in [0.15, 0.2) is 12.1 Å². The maximum Gasteiger partial charge on any atom is 0.227 e. The highest BCUT2D eigenvalue weighted by atomic mass is 16.2. The molecule has 0 bridgehead atoms. The van der Waals surface area contributed by atoms with Gasteiger partial charge < -0.3 is 21.3 Å². The second kappa shape index (κ2) is 6.02. The number of carbonyl (C=O) groups excluding carboxylic acids is 1. The van der Waals surface area contributed by atoms with Crippen LogP contribution >= 0.6 is 0 Å². The van der Waals surface area contributed by atoms with Crippen molar-refractivity contribution in [3.8, 4) is 0 Å². The number of hydrogen-bond donors (Lipinski definition) is 2. The van der Waals surface area contributed by atoms with E-state index in [9.17, 15) is 4.79 Å². The number of nitrogens with zero attached hydrogens (tertiary/aromatic N) is 3. The van der Waals surface area contributed by atoms with Crippen LogP contribution in [0.25, 0.3) is 0 Å². The lowest BCUT2D eigenvalue weighted by atomic mass is 9.92. The van der Waals surface area contributed by atoms with Gasteiger partial charge in [0.05, 0.1) is 11.6 Å². The van der Waals surface area contributed by atoms with E-state index in [0.29, 0.717) is 30.0 Å². The molecule has 0 radical (unpaired) electrons. The van der Waals surface area contributed by atoms with E-state index in [-0.39, 0.29) is 5.92 Å². The molecule has 4 N–H and O–H groups in total. The smallest absolute Gasteiger partial charge is 0.227 e. The van der Waals surface area contributed by atoms with E-state index >= 15 is 0 Å². The molecule has 1 amide bonds. The highest BCUT2D eigenvalue weighted by molar-refractivity contribution is 5.80. The molecule has 1 aromatic rings. The Balaban J connectivity index is 1.75. The number of amides is 1. The summed E-state index contributed by atoms with van der Waals surface area (Å²) in [6.07, 6.45) is 4.22. The van der Waals surface area contributed by atoms with Gasteiger partial charge in [-0.3, -0.25) is 4.79 Å². The first-order valence-corrected chi connectivity index (χ1v) is 8.13. The summed E-state index contributed by atoms with van der Waals surface area (Å²) in [5.74, 6) is 1.54. The largest absolute Gasteiger partial charge is 0.396 e. The molecule has 3 rings (SSSR count). The Morgan fingerprint density at radius 2 is 1.95 bits per heavy atom. The van der Waals surface area contributed by atoms with Crippen molar-refractivity contribution in [3.63, 3.8) is 0 Å². The van der Waals surface area contributed by atoms with Gasteiger partial charge in [-0.15, -0.1) is 0 Å². The summed E-state index contributed by atoms with van der Waals surface area (Å²) in [6.45, 7) is 4.72. The summed E-state index contributed by atoms with van der Waals surface area (Å²) in [5, 5.41) is 0. The zero-order valence-corrected chi connectivity index (χ0v) is 13.2. The molecule has 0 saturated carbocycles. The molecule has 6 nitrogen and oxygen atoms in total. The molecule has 3 heterocycles. The van der Waals surface area contributed by atoms with Gasteiger partial charge in [0.25, 0.3) is 0 Å². The summed E-state index contributed by atoms with van der Waals surface area (Å²) < 4.78 is 0. The summed E-state index contributed by atoms with van der Waals surface area (Å²) in [4.78, 5) is 21.2. The third-order valence-electron chi connectivity index (χ3n) is 4.89. The Labute approximate surface area is 131 Å².